The van der Waals surface area contributed by atoms with Gasteiger partial charge in [0.1, 0.15) is 5.75 Å². The lowest BCUT2D eigenvalue weighted by Gasteiger charge is -2.22. The van der Waals surface area contributed by atoms with Gasteiger partial charge in [-0.05, 0) is 43.7 Å². The van der Waals surface area contributed by atoms with Gasteiger partial charge < -0.3 is 14.8 Å². The van der Waals surface area contributed by atoms with E-state index in [1.54, 1.807) is 30.0 Å². The molecule has 1 aromatic heterocycles. The smallest absolute Gasteiger partial charge is 0.239 e. The van der Waals surface area contributed by atoms with Crippen molar-refractivity contribution in [3.63, 3.8) is 0 Å². The zero-order chi connectivity index (χ0) is 22.6. The number of anilines is 1. The Morgan fingerprint density at radius 2 is 1.94 bits per heavy atom. The zero-order valence-electron chi connectivity index (χ0n) is 17.6. The maximum absolute atomic E-state index is 12.5. The summed E-state index contributed by atoms with van der Waals surface area (Å²) >= 11 is 3.18. The Hall–Kier alpha value is -1.98. The number of thiazole rings is 1. The van der Waals surface area contributed by atoms with Crippen molar-refractivity contribution in [2.75, 3.05) is 30.0 Å². The Morgan fingerprint density at radius 3 is 2.69 bits per heavy atom. The minimum atomic E-state index is -3.70. The molecule has 4 rings (SSSR count). The first-order valence-corrected chi connectivity index (χ1v) is 13.7. The molecule has 1 aliphatic rings. The number of ether oxygens (including phenoxy) is 2. The molecule has 1 N–H and O–H groups in total. The summed E-state index contributed by atoms with van der Waals surface area (Å²) in [5, 5.41) is 2.69. The fourth-order valence-corrected chi connectivity index (χ4v) is 6.46. The predicted octanol–water partition coefficient (Wildman–Crippen LogP) is 4.26. The van der Waals surface area contributed by atoms with E-state index in [4.69, 9.17) is 9.47 Å². The Morgan fingerprint density at radius 1 is 1.19 bits per heavy atom. The van der Waals surface area contributed by atoms with Crippen LogP contribution in [0, 0.1) is 6.92 Å². The molecule has 1 aliphatic heterocycles. The summed E-state index contributed by atoms with van der Waals surface area (Å²) in [7, 11) is -3.70. The molecule has 0 saturated carbocycles. The van der Waals surface area contributed by atoms with Crippen LogP contribution in [0.4, 0.5) is 5.69 Å². The van der Waals surface area contributed by atoms with Gasteiger partial charge in [-0.1, -0.05) is 29.5 Å². The predicted molar refractivity (Wildman–Crippen MR) is 127 cm³/mol. The third kappa shape index (κ3) is 6.08. The number of hydrogen-bond donors (Lipinski definition) is 1. The summed E-state index contributed by atoms with van der Waals surface area (Å²) in [5.41, 5.74) is 2.35. The number of nitrogens with zero attached hydrogens (tertiary/aromatic N) is 1. The van der Waals surface area contributed by atoms with Gasteiger partial charge in [0.25, 0.3) is 0 Å². The lowest BCUT2D eigenvalue weighted by Crippen LogP contribution is -2.25. The second-order valence-electron chi connectivity index (χ2n) is 7.44. The van der Waals surface area contributed by atoms with Gasteiger partial charge in [0.05, 0.1) is 28.3 Å². The normalized spacial score (nSPS) is 15.2. The molecule has 0 aliphatic carbocycles. The second kappa shape index (κ2) is 10.3. The number of carbonyl (C=O) groups excluding carboxylic acids is 1. The highest BCUT2D eigenvalue weighted by Crippen LogP contribution is 2.32. The quantitative estimate of drug-likeness (QED) is 0.470. The first-order valence-electron chi connectivity index (χ1n) is 10.2. The maximum atomic E-state index is 12.5. The number of rotatable bonds is 8. The summed E-state index contributed by atoms with van der Waals surface area (Å²) in [6.07, 6.45) is 1.61. The van der Waals surface area contributed by atoms with Gasteiger partial charge in [0.15, 0.2) is 20.5 Å². The van der Waals surface area contributed by atoms with E-state index < -0.39 is 21.5 Å². The summed E-state index contributed by atoms with van der Waals surface area (Å²) in [6, 6.07) is 11.9. The molecule has 1 amide bonds. The molecule has 0 atom stereocenters. The summed E-state index contributed by atoms with van der Waals surface area (Å²) in [5.74, 6) is -0.342. The van der Waals surface area contributed by atoms with Crippen LogP contribution in [0.2, 0.25) is 0 Å². The topological polar surface area (TPSA) is 94.6 Å². The molecule has 0 bridgehead atoms. The van der Waals surface area contributed by atoms with Gasteiger partial charge >= 0.3 is 0 Å². The van der Waals surface area contributed by atoms with Crippen LogP contribution in [0.5, 0.6) is 0 Å². The molecular formula is C22H24N2O5S3. The average Bonchev–Trinajstić information content (AvgIpc) is 3.16. The van der Waals surface area contributed by atoms with Gasteiger partial charge in [-0.25, -0.2) is 13.4 Å². The largest absolute Gasteiger partial charge is 0.353 e. The number of aryl methyl sites for hydroxylation is 1. The third-order valence-corrected chi connectivity index (χ3v) is 8.66. The highest BCUT2D eigenvalue weighted by Gasteiger charge is 2.20. The van der Waals surface area contributed by atoms with E-state index in [2.05, 4.69) is 10.3 Å². The minimum absolute atomic E-state index is 0.136. The Balaban J connectivity index is 1.34. The molecule has 2 heterocycles. The van der Waals surface area contributed by atoms with E-state index in [-0.39, 0.29) is 11.2 Å². The number of benzene rings is 2. The Labute approximate surface area is 195 Å². The molecule has 10 heteroatoms. The van der Waals surface area contributed by atoms with Gasteiger partial charge in [-0.3, -0.25) is 4.79 Å². The zero-order valence-corrected chi connectivity index (χ0v) is 20.0. The summed E-state index contributed by atoms with van der Waals surface area (Å²) in [4.78, 5) is 17.1. The van der Waals surface area contributed by atoms with Crippen LogP contribution in [0.15, 0.2) is 51.7 Å². The van der Waals surface area contributed by atoms with Crippen LogP contribution < -0.4 is 5.32 Å². The number of sulfone groups is 1. The van der Waals surface area contributed by atoms with Crippen LogP contribution >= 0.6 is 23.1 Å². The molecular weight excluding hydrogens is 468 g/mol. The molecule has 0 unspecified atom stereocenters. The highest BCUT2D eigenvalue weighted by molar-refractivity contribution is 8.01. The van der Waals surface area contributed by atoms with Crippen LogP contribution in [-0.4, -0.2) is 50.3 Å². The number of fused-ring (bicyclic) bond motifs is 1. The molecule has 1 saturated heterocycles. The van der Waals surface area contributed by atoms with Crippen molar-refractivity contribution < 1.29 is 22.7 Å². The molecule has 170 valence electrons. The van der Waals surface area contributed by atoms with Crippen molar-refractivity contribution in [1.29, 1.82) is 0 Å². The lowest BCUT2D eigenvalue weighted by atomic mass is 10.2. The number of carbonyl (C=O) groups is 1. The molecule has 2 aromatic carbocycles. The van der Waals surface area contributed by atoms with E-state index in [1.807, 2.05) is 19.1 Å². The standard InChI is InChI=1S/C22H24N2O5S3/c1-15-3-6-17(7-4-15)32(26,27)14-20(25)23-16-5-8-18-19(13-16)31-22(24-18)30-12-9-21-28-10-2-11-29-21/h3-8,13,21H,2,9-12,14H2,1H3,(H,23,25). The second-order valence-corrected chi connectivity index (χ2v) is 11.8. The van der Waals surface area contributed by atoms with Crippen LogP contribution in [0.25, 0.3) is 10.2 Å². The average molecular weight is 493 g/mol. The van der Waals surface area contributed by atoms with Crippen LogP contribution in [-0.2, 0) is 24.1 Å². The molecule has 1 fully saturated rings. The number of nitrogens with one attached hydrogen (secondary N) is 1. The van der Waals surface area contributed by atoms with Gasteiger partial charge in [0, 0.05) is 17.9 Å². The van der Waals surface area contributed by atoms with Crippen molar-refractivity contribution in [2.45, 2.75) is 35.3 Å². The van der Waals surface area contributed by atoms with Crippen LogP contribution in [0.3, 0.4) is 0 Å². The fourth-order valence-electron chi connectivity index (χ4n) is 3.19. The Kier molecular flexibility index (Phi) is 7.47. The number of thioether (sulfide) groups is 1. The van der Waals surface area contributed by atoms with Crippen molar-refractivity contribution >= 4 is 54.7 Å². The van der Waals surface area contributed by atoms with Gasteiger partial charge in [-0.15, -0.1) is 11.3 Å². The lowest BCUT2D eigenvalue weighted by molar-refractivity contribution is -0.178. The van der Waals surface area contributed by atoms with E-state index in [9.17, 15) is 13.2 Å². The van der Waals surface area contributed by atoms with Crippen molar-refractivity contribution in [2.24, 2.45) is 0 Å². The first kappa shape index (κ1) is 23.2. The van der Waals surface area contributed by atoms with E-state index >= 15 is 0 Å². The van der Waals surface area contributed by atoms with Crippen molar-refractivity contribution in [3.8, 4) is 0 Å². The monoisotopic (exact) mass is 492 g/mol. The molecule has 0 radical (unpaired) electrons. The highest BCUT2D eigenvalue weighted by atomic mass is 32.2. The molecule has 7 nitrogen and oxygen atoms in total. The number of aromatic nitrogens is 1. The SMILES string of the molecule is Cc1ccc(S(=O)(=O)CC(=O)Nc2ccc3nc(SCCC4OCCCO4)sc3c2)cc1. The summed E-state index contributed by atoms with van der Waals surface area (Å²) < 4.78 is 37.9. The van der Waals surface area contributed by atoms with Gasteiger partial charge in [-0.2, -0.15) is 0 Å². The van der Waals surface area contributed by atoms with E-state index in [0.29, 0.717) is 5.69 Å². The number of hydrogen-bond acceptors (Lipinski definition) is 8. The van der Waals surface area contributed by atoms with E-state index in [0.717, 1.165) is 51.9 Å². The fraction of sp³-hybridized carbons (Fsp3) is 0.364. The molecule has 0 spiro atoms. The first-order chi connectivity index (χ1) is 15.4. The van der Waals surface area contributed by atoms with Crippen molar-refractivity contribution in [3.05, 3.63) is 48.0 Å². The Bertz CT molecular complexity index is 1190. The minimum Gasteiger partial charge on any atom is -0.353 e. The molecule has 3 aromatic rings. The maximum Gasteiger partial charge on any atom is 0.239 e. The van der Waals surface area contributed by atoms with Gasteiger partial charge in [0.2, 0.25) is 5.91 Å². The molecule has 32 heavy (non-hydrogen) atoms. The third-order valence-electron chi connectivity index (χ3n) is 4.83. The van der Waals surface area contributed by atoms with Crippen molar-refractivity contribution in [1.82, 2.24) is 4.98 Å². The van der Waals surface area contributed by atoms with E-state index in [1.165, 1.54) is 23.5 Å². The van der Waals surface area contributed by atoms with Crippen LogP contribution in [0.1, 0.15) is 18.4 Å². The number of amides is 1. The summed E-state index contributed by atoms with van der Waals surface area (Å²) in [6.45, 7) is 3.37.